The number of anilines is 1. The lowest BCUT2D eigenvalue weighted by molar-refractivity contribution is -0.115. The molecule has 0 bridgehead atoms. The maximum absolute atomic E-state index is 11.7. The number of carbonyl (C=O) groups is 1. The Bertz CT molecular complexity index is 467. The molecular weight excluding hydrogens is 276 g/mol. The summed E-state index contributed by atoms with van der Waals surface area (Å²) in [6.45, 7) is 2.57. The highest BCUT2D eigenvalue weighted by Crippen LogP contribution is 2.32. The van der Waals surface area contributed by atoms with Crippen molar-refractivity contribution in [3.05, 3.63) is 18.2 Å². The van der Waals surface area contributed by atoms with Gasteiger partial charge in [0.1, 0.15) is 13.2 Å². The summed E-state index contributed by atoms with van der Waals surface area (Å²) in [5, 5.41) is 14.3. The van der Waals surface area contributed by atoms with Gasteiger partial charge >= 0.3 is 0 Å². The van der Waals surface area contributed by atoms with Crippen LogP contribution in [-0.4, -0.2) is 57.1 Å². The average Bonchev–Trinajstić information content (AvgIpc) is 2.50. The third-order valence-electron chi connectivity index (χ3n) is 2.77. The van der Waals surface area contributed by atoms with Gasteiger partial charge in [-0.1, -0.05) is 0 Å². The van der Waals surface area contributed by atoms with Crippen LogP contribution >= 0.6 is 0 Å². The van der Waals surface area contributed by atoms with Gasteiger partial charge in [-0.05, 0) is 12.1 Å². The Morgan fingerprint density at radius 3 is 2.86 bits per heavy atom. The van der Waals surface area contributed by atoms with Crippen molar-refractivity contribution in [2.75, 3.05) is 51.4 Å². The molecule has 7 nitrogen and oxygen atoms in total. The average molecular weight is 296 g/mol. The van der Waals surface area contributed by atoms with Gasteiger partial charge in [0.2, 0.25) is 5.91 Å². The Hall–Kier alpha value is -1.83. The first-order valence-corrected chi connectivity index (χ1v) is 6.88. The number of benzene rings is 1. The van der Waals surface area contributed by atoms with Gasteiger partial charge in [-0.15, -0.1) is 0 Å². The van der Waals surface area contributed by atoms with E-state index in [-0.39, 0.29) is 19.1 Å². The van der Waals surface area contributed by atoms with E-state index in [1.807, 2.05) is 0 Å². The fraction of sp³-hybridized carbons (Fsp3) is 0.500. The third kappa shape index (κ3) is 5.22. The van der Waals surface area contributed by atoms with Gasteiger partial charge in [0.15, 0.2) is 11.5 Å². The fourth-order valence-electron chi connectivity index (χ4n) is 1.84. The summed E-state index contributed by atoms with van der Waals surface area (Å²) in [4.78, 5) is 11.7. The van der Waals surface area contributed by atoms with Crippen LogP contribution in [0.2, 0.25) is 0 Å². The van der Waals surface area contributed by atoms with Crippen LogP contribution in [0.5, 0.6) is 11.5 Å². The summed E-state index contributed by atoms with van der Waals surface area (Å²) < 4.78 is 15.9. The molecule has 0 fully saturated rings. The molecule has 0 saturated heterocycles. The molecule has 1 aromatic carbocycles. The Labute approximate surface area is 123 Å². The van der Waals surface area contributed by atoms with Crippen LogP contribution in [0.1, 0.15) is 0 Å². The van der Waals surface area contributed by atoms with Gasteiger partial charge in [0.05, 0.1) is 26.4 Å². The normalized spacial score (nSPS) is 13.0. The second kappa shape index (κ2) is 8.46. The van der Waals surface area contributed by atoms with E-state index in [1.54, 1.807) is 18.2 Å². The van der Waals surface area contributed by atoms with E-state index in [4.69, 9.17) is 19.3 Å². The van der Waals surface area contributed by atoms with Crippen molar-refractivity contribution in [2.24, 2.45) is 0 Å². The van der Waals surface area contributed by atoms with E-state index in [2.05, 4.69) is 10.6 Å². The van der Waals surface area contributed by atoms with Crippen LogP contribution in [0.25, 0.3) is 0 Å². The lowest BCUT2D eigenvalue weighted by Gasteiger charge is -2.19. The molecule has 0 unspecified atom stereocenters. The van der Waals surface area contributed by atoms with E-state index in [1.165, 1.54) is 0 Å². The molecule has 3 N–H and O–H groups in total. The van der Waals surface area contributed by atoms with Crippen LogP contribution in [0.3, 0.4) is 0 Å². The summed E-state index contributed by atoms with van der Waals surface area (Å²) in [5.41, 5.74) is 0.669. The summed E-state index contributed by atoms with van der Waals surface area (Å²) in [5.74, 6) is 1.19. The molecule has 7 heteroatoms. The molecule has 0 spiro atoms. The quantitative estimate of drug-likeness (QED) is 0.585. The Balaban J connectivity index is 1.70. The van der Waals surface area contributed by atoms with Gasteiger partial charge in [0, 0.05) is 18.3 Å². The van der Waals surface area contributed by atoms with Crippen LogP contribution < -0.4 is 20.1 Å². The third-order valence-corrected chi connectivity index (χ3v) is 2.77. The number of amides is 1. The zero-order valence-corrected chi connectivity index (χ0v) is 11.8. The van der Waals surface area contributed by atoms with Crippen LogP contribution in [0, 0.1) is 0 Å². The molecule has 21 heavy (non-hydrogen) atoms. The largest absolute Gasteiger partial charge is 0.486 e. The minimum Gasteiger partial charge on any atom is -0.486 e. The van der Waals surface area contributed by atoms with Crippen molar-refractivity contribution >= 4 is 11.6 Å². The Kier molecular flexibility index (Phi) is 6.26. The van der Waals surface area contributed by atoms with Crippen molar-refractivity contribution < 1.29 is 24.1 Å². The summed E-state index contributed by atoms with van der Waals surface area (Å²) in [7, 11) is 0. The highest BCUT2D eigenvalue weighted by atomic mass is 16.6. The molecule has 0 aliphatic carbocycles. The maximum atomic E-state index is 11.7. The second-order valence-electron chi connectivity index (χ2n) is 4.42. The molecule has 1 aromatic rings. The summed E-state index contributed by atoms with van der Waals surface area (Å²) in [6.07, 6.45) is 0. The molecule has 116 valence electrons. The predicted octanol–water partition coefficient (Wildman–Crippen LogP) is -0.00520. The van der Waals surface area contributed by atoms with E-state index >= 15 is 0 Å². The van der Waals surface area contributed by atoms with Gasteiger partial charge < -0.3 is 30.0 Å². The number of hydrogen-bond donors (Lipinski definition) is 3. The lowest BCUT2D eigenvalue weighted by atomic mass is 10.2. The number of nitrogens with one attached hydrogen (secondary N) is 2. The highest BCUT2D eigenvalue weighted by molar-refractivity contribution is 5.92. The molecule has 0 atom stereocenters. The minimum absolute atomic E-state index is 0.00456. The first kappa shape index (κ1) is 15.6. The van der Waals surface area contributed by atoms with E-state index < -0.39 is 0 Å². The maximum Gasteiger partial charge on any atom is 0.238 e. The number of aliphatic hydroxyl groups excluding tert-OH is 1. The Morgan fingerprint density at radius 1 is 1.24 bits per heavy atom. The SMILES string of the molecule is O=C(CNCCOCCO)Nc1ccc2c(c1)OCCO2. The highest BCUT2D eigenvalue weighted by Gasteiger charge is 2.12. The minimum atomic E-state index is -0.145. The first-order valence-electron chi connectivity index (χ1n) is 6.88. The number of carbonyl (C=O) groups excluding carboxylic acids is 1. The number of rotatable bonds is 8. The van der Waals surface area contributed by atoms with Crippen LogP contribution in [-0.2, 0) is 9.53 Å². The number of ether oxygens (including phenoxy) is 3. The van der Waals surface area contributed by atoms with Gasteiger partial charge in [-0.3, -0.25) is 4.79 Å². The van der Waals surface area contributed by atoms with E-state index in [9.17, 15) is 4.79 Å². The van der Waals surface area contributed by atoms with Crippen molar-refractivity contribution in [3.8, 4) is 11.5 Å². The molecular formula is C14H20N2O5. The zero-order chi connectivity index (χ0) is 14.9. The predicted molar refractivity (Wildman–Crippen MR) is 76.8 cm³/mol. The van der Waals surface area contributed by atoms with Crippen LogP contribution in [0.4, 0.5) is 5.69 Å². The number of fused-ring (bicyclic) bond motifs is 1. The monoisotopic (exact) mass is 296 g/mol. The number of aliphatic hydroxyl groups is 1. The van der Waals surface area contributed by atoms with Crippen LogP contribution in [0.15, 0.2) is 18.2 Å². The zero-order valence-electron chi connectivity index (χ0n) is 11.8. The van der Waals surface area contributed by atoms with Crippen molar-refractivity contribution in [3.63, 3.8) is 0 Å². The molecule has 1 aliphatic heterocycles. The summed E-state index contributed by atoms with van der Waals surface area (Å²) in [6, 6.07) is 5.30. The molecule has 2 rings (SSSR count). The van der Waals surface area contributed by atoms with E-state index in [0.717, 1.165) is 0 Å². The summed E-state index contributed by atoms with van der Waals surface area (Å²) >= 11 is 0. The molecule has 0 aromatic heterocycles. The van der Waals surface area contributed by atoms with Crippen molar-refractivity contribution in [1.82, 2.24) is 5.32 Å². The Morgan fingerprint density at radius 2 is 2.05 bits per heavy atom. The van der Waals surface area contributed by atoms with Gasteiger partial charge in [-0.2, -0.15) is 0 Å². The topological polar surface area (TPSA) is 89.1 Å². The molecule has 1 amide bonds. The number of hydrogen-bond acceptors (Lipinski definition) is 6. The standard InChI is InChI=1S/C14H20N2O5/c17-4-6-19-5-3-15-10-14(18)16-11-1-2-12-13(9-11)21-8-7-20-12/h1-2,9,15,17H,3-8,10H2,(H,16,18). The molecule has 0 saturated carbocycles. The van der Waals surface area contributed by atoms with Crippen molar-refractivity contribution in [2.45, 2.75) is 0 Å². The smallest absolute Gasteiger partial charge is 0.238 e. The second-order valence-corrected chi connectivity index (χ2v) is 4.42. The van der Waals surface area contributed by atoms with E-state index in [0.29, 0.717) is 50.2 Å². The van der Waals surface area contributed by atoms with Crippen molar-refractivity contribution in [1.29, 1.82) is 0 Å². The fourth-order valence-corrected chi connectivity index (χ4v) is 1.84. The lowest BCUT2D eigenvalue weighted by Crippen LogP contribution is -2.30. The van der Waals surface area contributed by atoms with Gasteiger partial charge in [0.25, 0.3) is 0 Å². The molecule has 0 radical (unpaired) electrons. The molecule has 1 heterocycles. The molecule has 1 aliphatic rings. The first-order chi connectivity index (χ1) is 10.3. The van der Waals surface area contributed by atoms with Gasteiger partial charge in [-0.25, -0.2) is 0 Å².